The quantitative estimate of drug-likeness (QED) is 0.465. The van der Waals surface area contributed by atoms with E-state index in [2.05, 4.69) is 9.58 Å². The van der Waals surface area contributed by atoms with E-state index >= 15 is 0 Å². The minimum atomic E-state index is -4.88. The van der Waals surface area contributed by atoms with Gasteiger partial charge in [0.05, 0.1) is 23.8 Å². The molecule has 0 bridgehead atoms. The Morgan fingerprint density at radius 3 is 2.50 bits per heavy atom. The highest BCUT2D eigenvalue weighted by Gasteiger charge is 2.36. The lowest BCUT2D eigenvalue weighted by Gasteiger charge is -2.11. The molecule has 0 aliphatic rings. The average molecular weight is 261 g/mol. The van der Waals surface area contributed by atoms with Crippen molar-refractivity contribution in [2.45, 2.75) is 12.7 Å². The minimum Gasteiger partial charge on any atom is -0.465 e. The third kappa shape index (κ3) is 2.59. The first kappa shape index (κ1) is 14.0. The molecule has 0 spiro atoms. The molecule has 0 aromatic heterocycles. The molecule has 0 heterocycles. The molecular weight excluding hydrogens is 254 g/mol. The Balaban J connectivity index is 3.48. The van der Waals surface area contributed by atoms with Crippen LogP contribution in [-0.2, 0) is 17.5 Å². The average Bonchev–Trinajstić information content (AvgIpc) is 2.29. The maximum atomic E-state index is 13.6. The van der Waals surface area contributed by atoms with Crippen LogP contribution in [0.5, 0.6) is 0 Å². The summed E-state index contributed by atoms with van der Waals surface area (Å²) in [5.74, 6) is -2.59. The van der Waals surface area contributed by atoms with Crippen LogP contribution in [0.4, 0.5) is 17.6 Å². The van der Waals surface area contributed by atoms with Gasteiger partial charge in [-0.2, -0.15) is 13.2 Å². The molecule has 96 valence electrons. The van der Waals surface area contributed by atoms with Crippen LogP contribution in [0.3, 0.4) is 0 Å². The third-order valence-corrected chi connectivity index (χ3v) is 2.19. The minimum absolute atomic E-state index is 0.376. The molecule has 0 aliphatic carbocycles. The van der Waals surface area contributed by atoms with E-state index in [0.717, 1.165) is 13.2 Å². The standard InChI is InChI=1S/C11H7F4NO2/c1-16-5-7-6(10(17)18-2)3-4-8(9(7)12)11(13,14)15/h3-4H,5H2,2H3. The van der Waals surface area contributed by atoms with Crippen molar-refractivity contribution < 1.29 is 27.1 Å². The van der Waals surface area contributed by atoms with Gasteiger partial charge in [-0.05, 0) is 12.1 Å². The van der Waals surface area contributed by atoms with Gasteiger partial charge < -0.3 is 9.58 Å². The van der Waals surface area contributed by atoms with E-state index in [1.165, 1.54) is 0 Å². The summed E-state index contributed by atoms with van der Waals surface area (Å²) in [5.41, 5.74) is -2.49. The SMILES string of the molecule is [C-]#[N+]Cc1c(C(=O)OC)ccc(C(F)(F)F)c1F. The Kier molecular flexibility index (Phi) is 3.91. The summed E-state index contributed by atoms with van der Waals surface area (Å²) in [5, 5.41) is 0. The number of hydrogen-bond acceptors (Lipinski definition) is 2. The number of methoxy groups -OCH3 is 1. The van der Waals surface area contributed by atoms with Gasteiger partial charge in [-0.1, -0.05) is 0 Å². The van der Waals surface area contributed by atoms with Crippen LogP contribution in [0.15, 0.2) is 12.1 Å². The Hall–Kier alpha value is -2.10. The van der Waals surface area contributed by atoms with Crippen LogP contribution in [0.2, 0.25) is 0 Å². The molecule has 3 nitrogen and oxygen atoms in total. The predicted molar refractivity (Wildman–Crippen MR) is 53.0 cm³/mol. The largest absolute Gasteiger partial charge is 0.465 e. The van der Waals surface area contributed by atoms with Gasteiger partial charge in [0.1, 0.15) is 5.82 Å². The van der Waals surface area contributed by atoms with Crippen molar-refractivity contribution in [3.8, 4) is 0 Å². The third-order valence-electron chi connectivity index (χ3n) is 2.19. The molecule has 0 amide bonds. The van der Waals surface area contributed by atoms with Crippen molar-refractivity contribution >= 4 is 5.97 Å². The van der Waals surface area contributed by atoms with Crippen molar-refractivity contribution in [2.75, 3.05) is 7.11 Å². The number of alkyl halides is 3. The number of esters is 1. The van der Waals surface area contributed by atoms with Crippen LogP contribution in [0.1, 0.15) is 21.5 Å². The zero-order valence-corrected chi connectivity index (χ0v) is 9.14. The highest BCUT2D eigenvalue weighted by atomic mass is 19.4. The van der Waals surface area contributed by atoms with Gasteiger partial charge in [0.25, 0.3) is 0 Å². The lowest BCUT2D eigenvalue weighted by Crippen LogP contribution is -2.14. The van der Waals surface area contributed by atoms with E-state index in [0.29, 0.717) is 6.07 Å². The zero-order chi connectivity index (χ0) is 13.9. The molecule has 1 rings (SSSR count). The summed E-state index contributed by atoms with van der Waals surface area (Å²) in [6, 6.07) is 1.26. The van der Waals surface area contributed by atoms with Gasteiger partial charge in [0.15, 0.2) is 0 Å². The molecule has 0 atom stereocenters. The van der Waals surface area contributed by atoms with Crippen molar-refractivity contribution in [3.05, 3.63) is 46.1 Å². The maximum Gasteiger partial charge on any atom is 0.419 e. The number of rotatable bonds is 2. The second-order valence-corrected chi connectivity index (χ2v) is 3.26. The van der Waals surface area contributed by atoms with E-state index in [-0.39, 0.29) is 5.56 Å². The maximum absolute atomic E-state index is 13.6. The normalized spacial score (nSPS) is 10.9. The smallest absolute Gasteiger partial charge is 0.419 e. The monoisotopic (exact) mass is 261 g/mol. The fourth-order valence-corrected chi connectivity index (χ4v) is 1.37. The molecule has 1 aromatic rings. The van der Waals surface area contributed by atoms with E-state index in [1.54, 1.807) is 0 Å². The number of halogens is 4. The zero-order valence-electron chi connectivity index (χ0n) is 9.14. The molecule has 0 N–H and O–H groups in total. The summed E-state index contributed by atoms with van der Waals surface area (Å²) in [7, 11) is 1.01. The van der Waals surface area contributed by atoms with Gasteiger partial charge in [-0.3, -0.25) is 0 Å². The molecular formula is C11H7F4NO2. The first-order chi connectivity index (χ1) is 8.32. The van der Waals surface area contributed by atoms with E-state index in [1.807, 2.05) is 0 Å². The Labute approximate surface area is 99.8 Å². The van der Waals surface area contributed by atoms with Gasteiger partial charge in [0.2, 0.25) is 6.54 Å². The Bertz CT molecular complexity index is 517. The Morgan fingerprint density at radius 1 is 1.44 bits per heavy atom. The molecule has 0 saturated heterocycles. The highest BCUT2D eigenvalue weighted by molar-refractivity contribution is 5.91. The highest BCUT2D eigenvalue weighted by Crippen LogP contribution is 2.34. The lowest BCUT2D eigenvalue weighted by atomic mass is 10.0. The van der Waals surface area contributed by atoms with Crippen molar-refractivity contribution in [3.63, 3.8) is 0 Å². The second kappa shape index (κ2) is 5.04. The first-order valence-corrected chi connectivity index (χ1v) is 4.63. The predicted octanol–water partition coefficient (Wildman–Crippen LogP) is 3.05. The number of ether oxygens (including phenoxy) is 1. The summed E-state index contributed by atoms with van der Waals surface area (Å²) >= 11 is 0. The number of carbonyl (C=O) groups excluding carboxylic acids is 1. The topological polar surface area (TPSA) is 30.7 Å². The lowest BCUT2D eigenvalue weighted by molar-refractivity contribution is -0.140. The number of carbonyl (C=O) groups is 1. The van der Waals surface area contributed by atoms with Gasteiger partial charge in [-0.15, -0.1) is 0 Å². The van der Waals surface area contributed by atoms with Crippen LogP contribution >= 0.6 is 0 Å². The molecule has 0 radical (unpaired) electrons. The fourth-order valence-electron chi connectivity index (χ4n) is 1.37. The van der Waals surface area contributed by atoms with Crippen molar-refractivity contribution in [2.24, 2.45) is 0 Å². The van der Waals surface area contributed by atoms with E-state index in [9.17, 15) is 22.4 Å². The summed E-state index contributed by atoms with van der Waals surface area (Å²) in [6.07, 6.45) is -4.88. The number of nitrogens with zero attached hydrogens (tertiary/aromatic N) is 1. The molecule has 7 heteroatoms. The molecule has 1 aromatic carbocycles. The summed E-state index contributed by atoms with van der Waals surface area (Å²) < 4.78 is 55.3. The van der Waals surface area contributed by atoms with Gasteiger partial charge in [-0.25, -0.2) is 15.8 Å². The van der Waals surface area contributed by atoms with Crippen molar-refractivity contribution in [1.29, 1.82) is 0 Å². The number of benzene rings is 1. The molecule has 0 aliphatic heterocycles. The molecule has 18 heavy (non-hydrogen) atoms. The van der Waals surface area contributed by atoms with Gasteiger partial charge >= 0.3 is 12.1 Å². The first-order valence-electron chi connectivity index (χ1n) is 4.63. The summed E-state index contributed by atoms with van der Waals surface area (Å²) in [4.78, 5) is 14.1. The summed E-state index contributed by atoms with van der Waals surface area (Å²) in [6.45, 7) is 5.92. The van der Waals surface area contributed by atoms with Crippen LogP contribution in [-0.4, -0.2) is 13.1 Å². The molecule has 0 unspecified atom stereocenters. The second-order valence-electron chi connectivity index (χ2n) is 3.26. The molecule has 0 saturated carbocycles. The van der Waals surface area contributed by atoms with Crippen LogP contribution in [0, 0.1) is 12.4 Å². The Morgan fingerprint density at radius 2 is 2.06 bits per heavy atom. The van der Waals surface area contributed by atoms with E-state index < -0.39 is 35.6 Å². The molecule has 0 fully saturated rings. The van der Waals surface area contributed by atoms with Crippen LogP contribution < -0.4 is 0 Å². The van der Waals surface area contributed by atoms with E-state index in [4.69, 9.17) is 6.57 Å². The fraction of sp³-hybridized carbons (Fsp3) is 0.273. The van der Waals surface area contributed by atoms with Crippen LogP contribution in [0.25, 0.3) is 4.85 Å². The number of hydrogen-bond donors (Lipinski definition) is 0. The van der Waals surface area contributed by atoms with Gasteiger partial charge in [0, 0.05) is 0 Å². The van der Waals surface area contributed by atoms with Crippen molar-refractivity contribution in [1.82, 2.24) is 0 Å².